The Hall–Kier alpha value is -0.910. The number of hydrogen-bond donors (Lipinski definition) is 0. The van der Waals surface area contributed by atoms with Crippen molar-refractivity contribution in [3.8, 4) is 0 Å². The van der Waals surface area contributed by atoms with Crippen molar-refractivity contribution in [3.63, 3.8) is 0 Å². The molecule has 1 aromatic rings. The van der Waals surface area contributed by atoms with Crippen molar-refractivity contribution in [2.75, 3.05) is 13.6 Å². The first kappa shape index (κ1) is 14.5. The molecule has 1 amide bonds. The lowest BCUT2D eigenvalue weighted by Gasteiger charge is -2.29. The number of halogens is 1. The first-order chi connectivity index (χ1) is 8.71. The molecule has 0 radical (unpaired) electrons. The number of fused-ring (bicyclic) bond motifs is 1. The van der Waals surface area contributed by atoms with E-state index < -0.39 is 0 Å². The van der Waals surface area contributed by atoms with Crippen molar-refractivity contribution in [3.05, 3.63) is 34.4 Å². The van der Waals surface area contributed by atoms with E-state index in [0.29, 0.717) is 0 Å². The minimum absolute atomic E-state index is 0.0386. The summed E-state index contributed by atoms with van der Waals surface area (Å²) in [7, 11) is 1.82. The quantitative estimate of drug-likeness (QED) is 0.562. The zero-order chi connectivity index (χ0) is 14.4. The Morgan fingerprint density at radius 3 is 2.47 bits per heavy atom. The molecule has 0 N–H and O–H groups in total. The van der Waals surface area contributed by atoms with E-state index in [9.17, 15) is 9.59 Å². The summed E-state index contributed by atoms with van der Waals surface area (Å²) in [6.07, 6.45) is 0.818. The first-order valence-corrected chi connectivity index (χ1v) is 7.42. The van der Waals surface area contributed by atoms with Crippen molar-refractivity contribution in [1.82, 2.24) is 4.90 Å². The Kier molecular flexibility index (Phi) is 3.73. The fraction of sp³-hybridized carbons (Fsp3) is 0.467. The standard InChI is InChI=1S/C15H18INO2/c1-15(2,3)12-8-10-9(7-11(12)13(16)18)5-6-17(4)14(10)19/h7-8H,5-6H2,1-4H3. The summed E-state index contributed by atoms with van der Waals surface area (Å²) in [5.74, 6) is 0.0548. The fourth-order valence-corrected chi connectivity index (χ4v) is 2.88. The molecule has 3 nitrogen and oxygen atoms in total. The predicted octanol–water partition coefficient (Wildman–Crippen LogP) is 3.19. The van der Waals surface area contributed by atoms with Gasteiger partial charge in [-0.15, -0.1) is 0 Å². The van der Waals surface area contributed by atoms with E-state index in [1.165, 1.54) is 0 Å². The topological polar surface area (TPSA) is 37.4 Å². The molecule has 1 heterocycles. The molecule has 0 bridgehead atoms. The average molecular weight is 371 g/mol. The summed E-state index contributed by atoms with van der Waals surface area (Å²) >= 11 is 1.82. The van der Waals surface area contributed by atoms with Crippen LogP contribution in [0.5, 0.6) is 0 Å². The Labute approximate surface area is 127 Å². The van der Waals surface area contributed by atoms with Gasteiger partial charge in [0.05, 0.1) is 0 Å². The molecule has 1 aromatic carbocycles. The third-order valence-electron chi connectivity index (χ3n) is 3.56. The molecule has 0 spiro atoms. The molecule has 0 saturated carbocycles. The van der Waals surface area contributed by atoms with Gasteiger partial charge in [0.2, 0.25) is 3.79 Å². The Balaban J connectivity index is 2.68. The number of rotatable bonds is 1. The predicted molar refractivity (Wildman–Crippen MR) is 84.2 cm³/mol. The highest BCUT2D eigenvalue weighted by Crippen LogP contribution is 2.32. The van der Waals surface area contributed by atoms with E-state index >= 15 is 0 Å². The van der Waals surface area contributed by atoms with Crippen molar-refractivity contribution in [1.29, 1.82) is 0 Å². The van der Waals surface area contributed by atoms with Gasteiger partial charge in [-0.05, 0) is 35.1 Å². The van der Waals surface area contributed by atoms with Crippen LogP contribution in [0.4, 0.5) is 0 Å². The van der Waals surface area contributed by atoms with E-state index in [0.717, 1.165) is 35.2 Å². The van der Waals surface area contributed by atoms with E-state index in [1.54, 1.807) is 4.90 Å². The van der Waals surface area contributed by atoms with E-state index in [2.05, 4.69) is 20.8 Å². The molecule has 1 aliphatic rings. The molecule has 19 heavy (non-hydrogen) atoms. The maximum Gasteiger partial charge on any atom is 0.253 e. The number of carbonyl (C=O) groups excluding carboxylic acids is 2. The normalized spacial score (nSPS) is 15.4. The second kappa shape index (κ2) is 4.89. The number of hydrogen-bond acceptors (Lipinski definition) is 2. The van der Waals surface area contributed by atoms with Crippen LogP contribution in [0.15, 0.2) is 12.1 Å². The van der Waals surface area contributed by atoms with Crippen LogP contribution in [0, 0.1) is 0 Å². The summed E-state index contributed by atoms with van der Waals surface area (Å²) in [6, 6.07) is 3.83. The zero-order valence-electron chi connectivity index (χ0n) is 11.7. The van der Waals surface area contributed by atoms with Gasteiger partial charge in [0.1, 0.15) is 0 Å². The van der Waals surface area contributed by atoms with Crippen LogP contribution in [0.25, 0.3) is 0 Å². The minimum atomic E-state index is -0.151. The number of carbonyl (C=O) groups is 2. The van der Waals surface area contributed by atoms with Crippen LogP contribution in [0.2, 0.25) is 0 Å². The molecule has 0 saturated heterocycles. The van der Waals surface area contributed by atoms with Crippen LogP contribution < -0.4 is 0 Å². The highest BCUT2D eigenvalue weighted by atomic mass is 127. The van der Waals surface area contributed by atoms with Crippen molar-refractivity contribution in [2.45, 2.75) is 32.6 Å². The highest BCUT2D eigenvalue weighted by molar-refractivity contribution is 14.1. The lowest BCUT2D eigenvalue weighted by molar-refractivity contribution is 0.0780. The van der Waals surface area contributed by atoms with E-state index in [4.69, 9.17) is 0 Å². The third-order valence-corrected chi connectivity index (χ3v) is 4.14. The number of amides is 1. The van der Waals surface area contributed by atoms with Crippen molar-refractivity contribution >= 4 is 32.3 Å². The van der Waals surface area contributed by atoms with Crippen LogP contribution in [-0.2, 0) is 11.8 Å². The van der Waals surface area contributed by atoms with Gasteiger partial charge < -0.3 is 4.90 Å². The molecule has 0 atom stereocenters. The van der Waals surface area contributed by atoms with Crippen molar-refractivity contribution < 1.29 is 9.59 Å². The Morgan fingerprint density at radius 2 is 1.95 bits per heavy atom. The van der Waals surface area contributed by atoms with Crippen LogP contribution in [-0.4, -0.2) is 28.2 Å². The Bertz CT molecular complexity index is 558. The molecule has 102 valence electrons. The summed E-state index contributed by atoms with van der Waals surface area (Å²) in [5.41, 5.74) is 3.29. The molecular formula is C15H18INO2. The first-order valence-electron chi connectivity index (χ1n) is 6.34. The van der Waals surface area contributed by atoms with Crippen LogP contribution in [0.3, 0.4) is 0 Å². The maximum absolute atomic E-state index is 12.2. The minimum Gasteiger partial charge on any atom is -0.341 e. The van der Waals surface area contributed by atoms with Gasteiger partial charge in [0.15, 0.2) is 0 Å². The third kappa shape index (κ3) is 2.68. The molecular weight excluding hydrogens is 353 g/mol. The van der Waals surface area contributed by atoms with Gasteiger partial charge in [-0.1, -0.05) is 20.8 Å². The van der Waals surface area contributed by atoms with Gasteiger partial charge in [0, 0.05) is 47.3 Å². The lowest BCUT2D eigenvalue weighted by Crippen LogP contribution is -2.35. The molecule has 0 aliphatic carbocycles. The smallest absolute Gasteiger partial charge is 0.253 e. The average Bonchev–Trinajstić information content (AvgIpc) is 2.31. The van der Waals surface area contributed by atoms with Crippen LogP contribution >= 0.6 is 22.6 Å². The Morgan fingerprint density at radius 1 is 1.32 bits per heavy atom. The van der Waals surface area contributed by atoms with Crippen molar-refractivity contribution in [2.24, 2.45) is 0 Å². The van der Waals surface area contributed by atoms with Gasteiger partial charge in [0.25, 0.3) is 5.91 Å². The summed E-state index contributed by atoms with van der Waals surface area (Å²) < 4.78 is 0.0386. The van der Waals surface area contributed by atoms with Gasteiger partial charge >= 0.3 is 0 Å². The second-order valence-corrected chi connectivity index (χ2v) is 7.04. The summed E-state index contributed by atoms with van der Waals surface area (Å²) in [6.45, 7) is 6.91. The fourth-order valence-electron chi connectivity index (χ4n) is 2.43. The molecule has 2 rings (SSSR count). The molecule has 4 heteroatoms. The molecule has 0 fully saturated rings. The van der Waals surface area contributed by atoms with E-state index in [1.807, 2.05) is 41.8 Å². The van der Waals surface area contributed by atoms with Gasteiger partial charge in [-0.25, -0.2) is 0 Å². The molecule has 1 aliphatic heterocycles. The largest absolute Gasteiger partial charge is 0.341 e. The molecule has 0 unspecified atom stereocenters. The maximum atomic E-state index is 12.2. The monoisotopic (exact) mass is 371 g/mol. The van der Waals surface area contributed by atoms with Gasteiger partial charge in [-0.3, -0.25) is 9.59 Å². The number of likely N-dealkylation sites (N-methyl/N-ethyl adjacent to an activating group) is 1. The number of nitrogens with zero attached hydrogens (tertiary/aromatic N) is 1. The highest BCUT2D eigenvalue weighted by Gasteiger charge is 2.28. The molecule has 0 aromatic heterocycles. The second-order valence-electron chi connectivity index (χ2n) is 6.06. The number of benzene rings is 1. The summed E-state index contributed by atoms with van der Waals surface area (Å²) in [5, 5.41) is 0. The van der Waals surface area contributed by atoms with Gasteiger partial charge in [-0.2, -0.15) is 0 Å². The van der Waals surface area contributed by atoms with Crippen LogP contribution in [0.1, 0.15) is 52.6 Å². The summed E-state index contributed by atoms with van der Waals surface area (Å²) in [4.78, 5) is 25.8. The van der Waals surface area contributed by atoms with E-state index in [-0.39, 0.29) is 15.1 Å². The lowest BCUT2D eigenvalue weighted by atomic mass is 9.81. The SMILES string of the molecule is CN1CCc2cc(C(=O)I)c(C(C)(C)C)cc2C1=O. The zero-order valence-corrected chi connectivity index (χ0v) is 13.9.